The molecular formula is C15H17N3O3. The van der Waals surface area contributed by atoms with Gasteiger partial charge in [-0.05, 0) is 30.5 Å². The average Bonchev–Trinajstić information content (AvgIpc) is 2.44. The quantitative estimate of drug-likeness (QED) is 0.765. The van der Waals surface area contributed by atoms with Gasteiger partial charge in [0.1, 0.15) is 0 Å². The minimum Gasteiger partial charge on any atom is -0.481 e. The zero-order chi connectivity index (χ0) is 15.3. The van der Waals surface area contributed by atoms with Crippen LogP contribution in [0.2, 0.25) is 0 Å². The van der Waals surface area contributed by atoms with E-state index in [9.17, 15) is 9.59 Å². The molecule has 2 amide bonds. The molecule has 0 heterocycles. The zero-order valence-electron chi connectivity index (χ0n) is 11.6. The summed E-state index contributed by atoms with van der Waals surface area (Å²) in [6.45, 7) is 0.438. The lowest BCUT2D eigenvalue weighted by molar-refractivity contribution is -0.153. The molecule has 0 aliphatic heterocycles. The maximum absolute atomic E-state index is 11.7. The maximum atomic E-state index is 11.7. The predicted molar refractivity (Wildman–Crippen MR) is 75.3 cm³/mol. The third-order valence-electron chi connectivity index (χ3n) is 3.86. The summed E-state index contributed by atoms with van der Waals surface area (Å²) in [6.07, 6.45) is 2.09. The van der Waals surface area contributed by atoms with Crippen LogP contribution in [0.1, 0.15) is 30.4 Å². The number of amides is 2. The number of aliphatic carboxylic acids is 1. The third-order valence-corrected chi connectivity index (χ3v) is 3.86. The molecule has 0 atom stereocenters. The molecule has 1 fully saturated rings. The molecule has 0 spiro atoms. The van der Waals surface area contributed by atoms with Gasteiger partial charge >= 0.3 is 12.0 Å². The van der Waals surface area contributed by atoms with Crippen molar-refractivity contribution in [2.45, 2.75) is 25.8 Å². The number of carbonyl (C=O) groups is 2. The largest absolute Gasteiger partial charge is 0.481 e. The second-order valence-corrected chi connectivity index (χ2v) is 5.29. The van der Waals surface area contributed by atoms with Crippen LogP contribution in [-0.2, 0) is 11.3 Å². The Morgan fingerprint density at radius 2 is 2.10 bits per heavy atom. The summed E-state index contributed by atoms with van der Waals surface area (Å²) in [7, 11) is 0. The highest BCUT2D eigenvalue weighted by Crippen LogP contribution is 2.40. The van der Waals surface area contributed by atoms with Crippen molar-refractivity contribution in [1.29, 1.82) is 5.26 Å². The van der Waals surface area contributed by atoms with E-state index in [1.807, 2.05) is 12.1 Å². The first-order chi connectivity index (χ1) is 10.1. The maximum Gasteiger partial charge on any atom is 0.315 e. The Labute approximate surface area is 122 Å². The summed E-state index contributed by atoms with van der Waals surface area (Å²) in [5.74, 6) is -0.851. The summed E-state index contributed by atoms with van der Waals surface area (Å²) in [4.78, 5) is 22.9. The molecule has 6 nitrogen and oxygen atoms in total. The zero-order valence-corrected chi connectivity index (χ0v) is 11.6. The monoisotopic (exact) mass is 287 g/mol. The number of nitrogens with one attached hydrogen (secondary N) is 2. The number of urea groups is 1. The van der Waals surface area contributed by atoms with E-state index in [2.05, 4.69) is 10.6 Å². The molecule has 6 heteroatoms. The first kappa shape index (κ1) is 14.9. The lowest BCUT2D eigenvalue weighted by atomic mass is 9.69. The van der Waals surface area contributed by atoms with Gasteiger partial charge in [0.25, 0.3) is 0 Å². The van der Waals surface area contributed by atoms with Crippen LogP contribution in [0.5, 0.6) is 0 Å². The van der Waals surface area contributed by atoms with E-state index in [0.717, 1.165) is 12.0 Å². The van der Waals surface area contributed by atoms with Crippen LogP contribution in [0.25, 0.3) is 0 Å². The molecular weight excluding hydrogens is 270 g/mol. The van der Waals surface area contributed by atoms with Crippen molar-refractivity contribution < 1.29 is 14.7 Å². The molecule has 1 aromatic rings. The van der Waals surface area contributed by atoms with Crippen LogP contribution in [-0.4, -0.2) is 23.7 Å². The number of nitriles is 1. The molecule has 1 aliphatic carbocycles. The summed E-state index contributed by atoms with van der Waals surface area (Å²) in [5, 5.41) is 23.2. The van der Waals surface area contributed by atoms with Crippen molar-refractivity contribution in [2.24, 2.45) is 5.41 Å². The van der Waals surface area contributed by atoms with E-state index in [1.54, 1.807) is 18.2 Å². The first-order valence-electron chi connectivity index (χ1n) is 6.80. The Hall–Kier alpha value is -2.55. The van der Waals surface area contributed by atoms with Gasteiger partial charge < -0.3 is 15.7 Å². The Kier molecular flexibility index (Phi) is 4.43. The molecule has 1 aliphatic rings. The highest BCUT2D eigenvalue weighted by atomic mass is 16.4. The molecule has 0 aromatic heterocycles. The van der Waals surface area contributed by atoms with Crippen LogP contribution in [0.4, 0.5) is 4.79 Å². The van der Waals surface area contributed by atoms with E-state index in [-0.39, 0.29) is 6.54 Å². The first-order valence-corrected chi connectivity index (χ1v) is 6.80. The molecule has 21 heavy (non-hydrogen) atoms. The molecule has 0 saturated heterocycles. The van der Waals surface area contributed by atoms with E-state index < -0.39 is 17.4 Å². The van der Waals surface area contributed by atoms with Crippen molar-refractivity contribution in [3.8, 4) is 6.07 Å². The number of hydrogen-bond donors (Lipinski definition) is 3. The van der Waals surface area contributed by atoms with Crippen molar-refractivity contribution in [1.82, 2.24) is 10.6 Å². The fourth-order valence-electron chi connectivity index (χ4n) is 2.31. The van der Waals surface area contributed by atoms with E-state index in [4.69, 9.17) is 10.4 Å². The summed E-state index contributed by atoms with van der Waals surface area (Å²) in [6, 6.07) is 8.59. The van der Waals surface area contributed by atoms with Crippen LogP contribution >= 0.6 is 0 Å². The van der Waals surface area contributed by atoms with Gasteiger partial charge in [0, 0.05) is 13.1 Å². The van der Waals surface area contributed by atoms with Crippen LogP contribution in [0.3, 0.4) is 0 Å². The van der Waals surface area contributed by atoms with Crippen molar-refractivity contribution >= 4 is 12.0 Å². The second-order valence-electron chi connectivity index (χ2n) is 5.29. The lowest BCUT2D eigenvalue weighted by Crippen LogP contribution is -2.49. The molecule has 1 saturated carbocycles. The molecule has 110 valence electrons. The standard InChI is InChI=1S/C15H17N3O3/c16-8-11-3-1-4-12(7-11)9-17-14(21)18-10-15(13(19)20)5-2-6-15/h1,3-4,7H,2,5-6,9-10H2,(H,19,20)(H2,17,18,21). The van der Waals surface area contributed by atoms with Crippen molar-refractivity contribution in [3.63, 3.8) is 0 Å². The van der Waals surface area contributed by atoms with Gasteiger partial charge in [-0.3, -0.25) is 4.79 Å². The van der Waals surface area contributed by atoms with Crippen LogP contribution < -0.4 is 10.6 Å². The Balaban J connectivity index is 1.80. The Morgan fingerprint density at radius 3 is 2.67 bits per heavy atom. The lowest BCUT2D eigenvalue weighted by Gasteiger charge is -2.37. The van der Waals surface area contributed by atoms with Gasteiger partial charge in [-0.2, -0.15) is 5.26 Å². The third kappa shape index (κ3) is 3.51. The SMILES string of the molecule is N#Cc1cccc(CNC(=O)NCC2(C(=O)O)CCC2)c1. The normalized spacial score (nSPS) is 15.4. The fourth-order valence-corrected chi connectivity index (χ4v) is 2.31. The van der Waals surface area contributed by atoms with Gasteiger partial charge in [-0.25, -0.2) is 4.79 Å². The number of carbonyl (C=O) groups excluding carboxylic acids is 1. The number of nitrogens with zero attached hydrogens (tertiary/aromatic N) is 1. The molecule has 3 N–H and O–H groups in total. The highest BCUT2D eigenvalue weighted by molar-refractivity contribution is 5.78. The topological polar surface area (TPSA) is 102 Å². The van der Waals surface area contributed by atoms with Crippen LogP contribution in [0, 0.1) is 16.7 Å². The average molecular weight is 287 g/mol. The fraction of sp³-hybridized carbons (Fsp3) is 0.400. The van der Waals surface area contributed by atoms with Gasteiger partial charge in [-0.15, -0.1) is 0 Å². The van der Waals surface area contributed by atoms with Gasteiger partial charge in [-0.1, -0.05) is 18.6 Å². The molecule has 2 rings (SSSR count). The molecule has 0 radical (unpaired) electrons. The van der Waals surface area contributed by atoms with Gasteiger partial charge in [0.15, 0.2) is 0 Å². The second kappa shape index (κ2) is 6.27. The number of carboxylic acid groups (broad SMARTS) is 1. The molecule has 0 unspecified atom stereocenters. The Bertz CT molecular complexity index is 588. The van der Waals surface area contributed by atoms with Gasteiger partial charge in [0.2, 0.25) is 0 Å². The van der Waals surface area contributed by atoms with E-state index >= 15 is 0 Å². The number of carboxylic acids is 1. The predicted octanol–water partition coefficient (Wildman–Crippen LogP) is 1.61. The summed E-state index contributed by atoms with van der Waals surface area (Å²) < 4.78 is 0. The minimum atomic E-state index is -0.851. The molecule has 1 aromatic carbocycles. The molecule has 0 bridgehead atoms. The van der Waals surface area contributed by atoms with E-state index in [0.29, 0.717) is 24.9 Å². The Morgan fingerprint density at radius 1 is 1.33 bits per heavy atom. The number of hydrogen-bond acceptors (Lipinski definition) is 3. The van der Waals surface area contributed by atoms with Crippen molar-refractivity contribution in [3.05, 3.63) is 35.4 Å². The summed E-state index contributed by atoms with van der Waals surface area (Å²) in [5.41, 5.74) is 0.563. The number of rotatable bonds is 5. The number of benzene rings is 1. The van der Waals surface area contributed by atoms with Crippen LogP contribution in [0.15, 0.2) is 24.3 Å². The smallest absolute Gasteiger partial charge is 0.315 e. The minimum absolute atomic E-state index is 0.145. The summed E-state index contributed by atoms with van der Waals surface area (Å²) >= 11 is 0. The van der Waals surface area contributed by atoms with Crippen molar-refractivity contribution in [2.75, 3.05) is 6.54 Å². The van der Waals surface area contributed by atoms with E-state index in [1.165, 1.54) is 0 Å². The van der Waals surface area contributed by atoms with Gasteiger partial charge in [0.05, 0.1) is 17.0 Å². The highest BCUT2D eigenvalue weighted by Gasteiger charge is 2.44.